The van der Waals surface area contributed by atoms with E-state index in [2.05, 4.69) is 10.6 Å². The number of carbonyl (C=O) groups is 3. The molecule has 30 heavy (non-hydrogen) atoms. The Bertz CT molecular complexity index is 787. The lowest BCUT2D eigenvalue weighted by Crippen LogP contribution is -2.55. The van der Waals surface area contributed by atoms with E-state index in [-0.39, 0.29) is 31.0 Å². The molecule has 162 valence electrons. The molecule has 9 nitrogen and oxygen atoms in total. The minimum absolute atomic E-state index is 0.107. The summed E-state index contributed by atoms with van der Waals surface area (Å²) < 4.78 is 11.4. The van der Waals surface area contributed by atoms with Crippen LogP contribution in [0.2, 0.25) is 0 Å². The zero-order chi connectivity index (χ0) is 20.9. The van der Waals surface area contributed by atoms with E-state index in [4.69, 9.17) is 9.47 Å². The third-order valence-corrected chi connectivity index (χ3v) is 5.78. The van der Waals surface area contributed by atoms with Gasteiger partial charge in [-0.1, -0.05) is 25.0 Å². The van der Waals surface area contributed by atoms with E-state index in [9.17, 15) is 14.4 Å². The fraction of sp³-hybridized carbons (Fsp3) is 0.571. The Labute approximate surface area is 175 Å². The Morgan fingerprint density at radius 2 is 1.70 bits per heavy atom. The first kappa shape index (κ1) is 20.5. The van der Waals surface area contributed by atoms with E-state index < -0.39 is 12.1 Å². The largest absolute Gasteiger partial charge is 0.485 e. The summed E-state index contributed by atoms with van der Waals surface area (Å²) in [5, 5.41) is 5.25. The SMILES string of the molecule is O=C(CN1CCN(C(=O)[C@H]2COc3ccccc3O2)CC1)NC(=O)NC1CCCC1. The molecule has 1 saturated carbocycles. The fourth-order valence-corrected chi connectivity index (χ4v) is 4.13. The molecule has 1 aliphatic carbocycles. The molecule has 1 aromatic carbocycles. The quantitative estimate of drug-likeness (QED) is 0.751. The number of carbonyl (C=O) groups excluding carboxylic acids is 3. The van der Waals surface area contributed by atoms with Crippen molar-refractivity contribution in [3.8, 4) is 11.5 Å². The highest BCUT2D eigenvalue weighted by molar-refractivity contribution is 5.95. The number of piperazine rings is 1. The Morgan fingerprint density at radius 3 is 2.43 bits per heavy atom. The number of nitrogens with zero attached hydrogens (tertiary/aromatic N) is 2. The molecule has 0 aromatic heterocycles. The van der Waals surface area contributed by atoms with Gasteiger partial charge < -0.3 is 19.7 Å². The fourth-order valence-electron chi connectivity index (χ4n) is 4.13. The van der Waals surface area contributed by atoms with Gasteiger partial charge in [0, 0.05) is 32.2 Å². The highest BCUT2D eigenvalue weighted by atomic mass is 16.6. The zero-order valence-electron chi connectivity index (χ0n) is 17.0. The molecule has 2 aliphatic heterocycles. The van der Waals surface area contributed by atoms with E-state index in [0.717, 1.165) is 25.7 Å². The van der Waals surface area contributed by atoms with E-state index in [1.165, 1.54) is 0 Å². The number of hydrogen-bond acceptors (Lipinski definition) is 6. The van der Waals surface area contributed by atoms with Crippen LogP contribution in [0, 0.1) is 0 Å². The maximum atomic E-state index is 12.8. The minimum Gasteiger partial charge on any atom is -0.485 e. The van der Waals surface area contributed by atoms with Crippen LogP contribution in [0.15, 0.2) is 24.3 Å². The van der Waals surface area contributed by atoms with Gasteiger partial charge in [-0.05, 0) is 25.0 Å². The molecule has 0 spiro atoms. The number of para-hydroxylation sites is 2. The van der Waals surface area contributed by atoms with Gasteiger partial charge in [-0.3, -0.25) is 19.8 Å². The first-order chi connectivity index (χ1) is 14.6. The highest BCUT2D eigenvalue weighted by Gasteiger charge is 2.33. The molecule has 1 atom stereocenters. The molecule has 1 aromatic rings. The van der Waals surface area contributed by atoms with Gasteiger partial charge in [0.2, 0.25) is 12.0 Å². The van der Waals surface area contributed by atoms with Crippen LogP contribution in [-0.4, -0.2) is 79.1 Å². The second-order valence-corrected chi connectivity index (χ2v) is 7.97. The molecular formula is C21H28N4O5. The van der Waals surface area contributed by atoms with Crippen LogP contribution in [0.3, 0.4) is 0 Å². The number of ether oxygens (including phenoxy) is 2. The second kappa shape index (κ2) is 9.34. The van der Waals surface area contributed by atoms with Crippen molar-refractivity contribution in [2.75, 3.05) is 39.3 Å². The first-order valence-electron chi connectivity index (χ1n) is 10.6. The third-order valence-electron chi connectivity index (χ3n) is 5.78. The van der Waals surface area contributed by atoms with Crippen molar-refractivity contribution in [3.63, 3.8) is 0 Å². The molecule has 2 fully saturated rings. The molecule has 0 bridgehead atoms. The van der Waals surface area contributed by atoms with Gasteiger partial charge >= 0.3 is 6.03 Å². The molecule has 2 N–H and O–H groups in total. The number of hydrogen-bond donors (Lipinski definition) is 2. The average Bonchev–Trinajstić information content (AvgIpc) is 3.26. The molecule has 4 amide bonds. The summed E-state index contributed by atoms with van der Waals surface area (Å²) in [4.78, 5) is 40.5. The van der Waals surface area contributed by atoms with Crippen LogP contribution in [0.1, 0.15) is 25.7 Å². The van der Waals surface area contributed by atoms with Crippen molar-refractivity contribution < 1.29 is 23.9 Å². The lowest BCUT2D eigenvalue weighted by atomic mass is 10.2. The summed E-state index contributed by atoms with van der Waals surface area (Å²) in [5.74, 6) is 0.790. The number of nitrogens with one attached hydrogen (secondary N) is 2. The Kier molecular flexibility index (Phi) is 6.37. The molecule has 4 rings (SSSR count). The number of imide groups is 1. The predicted octanol–water partition coefficient (Wildman–Crippen LogP) is 0.739. The molecule has 3 aliphatic rings. The molecular weight excluding hydrogens is 388 g/mol. The second-order valence-electron chi connectivity index (χ2n) is 7.97. The zero-order valence-corrected chi connectivity index (χ0v) is 17.0. The van der Waals surface area contributed by atoms with Crippen LogP contribution < -0.4 is 20.1 Å². The van der Waals surface area contributed by atoms with Crippen molar-refractivity contribution in [3.05, 3.63) is 24.3 Å². The summed E-state index contributed by atoms with van der Waals surface area (Å²) in [6.45, 7) is 2.45. The summed E-state index contributed by atoms with van der Waals surface area (Å²) in [7, 11) is 0. The smallest absolute Gasteiger partial charge is 0.321 e. The van der Waals surface area contributed by atoms with Crippen LogP contribution in [0.25, 0.3) is 0 Å². The molecule has 1 saturated heterocycles. The summed E-state index contributed by atoms with van der Waals surface area (Å²) in [5.41, 5.74) is 0. The number of urea groups is 1. The predicted molar refractivity (Wildman–Crippen MR) is 108 cm³/mol. The Hall–Kier alpha value is -2.81. The van der Waals surface area contributed by atoms with Gasteiger partial charge in [0.05, 0.1) is 6.54 Å². The summed E-state index contributed by atoms with van der Waals surface area (Å²) in [6, 6.07) is 7.05. The van der Waals surface area contributed by atoms with Crippen molar-refractivity contribution in [1.82, 2.24) is 20.4 Å². The standard InChI is InChI=1S/C21H28N4O5/c26-19(23-21(28)22-15-5-1-2-6-15)13-24-9-11-25(12-10-24)20(27)18-14-29-16-7-3-4-8-17(16)30-18/h3-4,7-8,15,18H,1-2,5-6,9-14H2,(H2,22,23,26,28)/t18-/m1/s1. The lowest BCUT2D eigenvalue weighted by molar-refractivity contribution is -0.143. The van der Waals surface area contributed by atoms with Gasteiger partial charge in [0.25, 0.3) is 5.91 Å². The Balaban J connectivity index is 1.19. The molecule has 2 heterocycles. The monoisotopic (exact) mass is 416 g/mol. The van der Waals surface area contributed by atoms with Crippen molar-refractivity contribution in [2.24, 2.45) is 0 Å². The first-order valence-corrected chi connectivity index (χ1v) is 10.6. The van der Waals surface area contributed by atoms with Gasteiger partial charge in [0.1, 0.15) is 6.61 Å². The van der Waals surface area contributed by atoms with Gasteiger partial charge in [-0.25, -0.2) is 4.79 Å². The summed E-state index contributed by atoms with van der Waals surface area (Å²) >= 11 is 0. The van der Waals surface area contributed by atoms with Crippen molar-refractivity contribution >= 4 is 17.8 Å². The van der Waals surface area contributed by atoms with Crippen molar-refractivity contribution in [2.45, 2.75) is 37.8 Å². The minimum atomic E-state index is -0.658. The number of fused-ring (bicyclic) bond motifs is 1. The topological polar surface area (TPSA) is 100 Å². The highest BCUT2D eigenvalue weighted by Crippen LogP contribution is 2.31. The van der Waals surface area contributed by atoms with Crippen LogP contribution >= 0.6 is 0 Å². The third kappa shape index (κ3) is 5.02. The van der Waals surface area contributed by atoms with Gasteiger partial charge in [-0.2, -0.15) is 0 Å². The molecule has 0 unspecified atom stereocenters. The normalized spacial score (nSPS) is 21.9. The summed E-state index contributed by atoms with van der Waals surface area (Å²) in [6.07, 6.45) is 3.52. The number of amides is 4. The maximum absolute atomic E-state index is 12.8. The van der Waals surface area contributed by atoms with E-state index in [1.807, 2.05) is 23.1 Å². The number of rotatable bonds is 4. The van der Waals surface area contributed by atoms with Crippen molar-refractivity contribution in [1.29, 1.82) is 0 Å². The van der Waals surface area contributed by atoms with E-state index >= 15 is 0 Å². The maximum Gasteiger partial charge on any atom is 0.321 e. The molecule has 0 radical (unpaired) electrons. The van der Waals surface area contributed by atoms with Crippen LogP contribution in [-0.2, 0) is 9.59 Å². The number of benzene rings is 1. The average molecular weight is 416 g/mol. The van der Waals surface area contributed by atoms with E-state index in [0.29, 0.717) is 37.7 Å². The van der Waals surface area contributed by atoms with Gasteiger partial charge in [-0.15, -0.1) is 0 Å². The van der Waals surface area contributed by atoms with E-state index in [1.54, 1.807) is 11.0 Å². The lowest BCUT2D eigenvalue weighted by Gasteiger charge is -2.36. The molecule has 9 heteroatoms. The van der Waals surface area contributed by atoms with Crippen LogP contribution in [0.4, 0.5) is 4.79 Å². The van der Waals surface area contributed by atoms with Gasteiger partial charge in [0.15, 0.2) is 11.5 Å². The Morgan fingerprint density at radius 1 is 1.00 bits per heavy atom. The van der Waals surface area contributed by atoms with Crippen LogP contribution in [0.5, 0.6) is 11.5 Å².